The van der Waals surface area contributed by atoms with E-state index in [4.69, 9.17) is 22.4 Å². The van der Waals surface area contributed by atoms with E-state index in [0.29, 0.717) is 12.2 Å². The van der Waals surface area contributed by atoms with Gasteiger partial charge in [0.05, 0.1) is 34.5 Å². The van der Waals surface area contributed by atoms with Crippen LogP contribution in [-0.4, -0.2) is 43.9 Å². The third-order valence-corrected chi connectivity index (χ3v) is 5.17. The highest BCUT2D eigenvalue weighted by atomic mass is 35.5. The Labute approximate surface area is 139 Å². The molecule has 1 atom stereocenters. The number of nitrogens with two attached hydrogens (primary N) is 1. The minimum absolute atomic E-state index is 0.0129. The van der Waals surface area contributed by atoms with E-state index >= 15 is 0 Å². The smallest absolute Gasteiger partial charge is 0.353 e. The van der Waals surface area contributed by atoms with Gasteiger partial charge >= 0.3 is 5.97 Å². The third kappa shape index (κ3) is 3.79. The number of fused-ring (bicyclic) bond motifs is 1. The highest BCUT2D eigenvalue weighted by molar-refractivity contribution is 8.00. The lowest BCUT2D eigenvalue weighted by molar-refractivity contribution is -0.146. The molecule has 3 N–H and O–H groups in total. The standard InChI is InChI=1S/C7H6ClNO3S.C5H6N2OS/c8-3-2-13-5-1-4(10)9(5)6(3)7(11)12;6-5(8)1-4-2-9-3-7-4/h5H,1-2H2,(H,11,12);2-3H,1H2,(H2,6,8)/t5-;/m0./s1. The van der Waals surface area contributed by atoms with Crippen LogP contribution in [0.3, 0.4) is 0 Å². The molecule has 2 amide bonds. The molecule has 22 heavy (non-hydrogen) atoms. The van der Waals surface area contributed by atoms with Gasteiger partial charge in [0.2, 0.25) is 11.8 Å². The molecular formula is C12H12ClN3O4S2. The Morgan fingerprint density at radius 2 is 2.27 bits per heavy atom. The zero-order valence-corrected chi connectivity index (χ0v) is 13.6. The number of carbonyl (C=O) groups is 3. The van der Waals surface area contributed by atoms with Gasteiger partial charge in [0.1, 0.15) is 5.70 Å². The van der Waals surface area contributed by atoms with Crippen molar-refractivity contribution in [2.75, 3.05) is 5.75 Å². The van der Waals surface area contributed by atoms with Crippen LogP contribution in [0, 0.1) is 0 Å². The number of hydrogen-bond acceptors (Lipinski definition) is 6. The van der Waals surface area contributed by atoms with E-state index in [-0.39, 0.29) is 34.3 Å². The quantitative estimate of drug-likeness (QED) is 0.776. The van der Waals surface area contributed by atoms with Gasteiger partial charge in [-0.2, -0.15) is 0 Å². The molecule has 10 heteroatoms. The van der Waals surface area contributed by atoms with Gasteiger partial charge < -0.3 is 10.8 Å². The van der Waals surface area contributed by atoms with Crippen molar-refractivity contribution in [1.82, 2.24) is 9.88 Å². The second-order valence-electron chi connectivity index (χ2n) is 4.42. The summed E-state index contributed by atoms with van der Waals surface area (Å²) in [7, 11) is 0. The SMILES string of the molecule is NC(=O)Cc1cscn1.O=C(O)C1=C(Cl)CS[C@H]2CC(=O)N12. The number of amides is 2. The van der Waals surface area contributed by atoms with Crippen LogP contribution in [0.2, 0.25) is 0 Å². The molecule has 3 heterocycles. The minimum Gasteiger partial charge on any atom is -0.477 e. The van der Waals surface area contributed by atoms with Gasteiger partial charge in [0.25, 0.3) is 0 Å². The lowest BCUT2D eigenvalue weighted by Crippen LogP contribution is -2.53. The summed E-state index contributed by atoms with van der Waals surface area (Å²) in [5.41, 5.74) is 7.31. The Hall–Kier alpha value is -1.58. The van der Waals surface area contributed by atoms with Crippen molar-refractivity contribution in [1.29, 1.82) is 0 Å². The summed E-state index contributed by atoms with van der Waals surface area (Å²) in [5.74, 6) is -1.13. The van der Waals surface area contributed by atoms with E-state index in [1.807, 2.05) is 5.38 Å². The highest BCUT2D eigenvalue weighted by Crippen LogP contribution is 2.40. The number of nitrogens with zero attached hydrogens (tertiary/aromatic N) is 2. The van der Waals surface area contributed by atoms with E-state index < -0.39 is 5.97 Å². The van der Waals surface area contributed by atoms with Crippen LogP contribution < -0.4 is 5.73 Å². The number of β-lactam (4-membered cyclic amide) rings is 1. The van der Waals surface area contributed by atoms with Crippen LogP contribution in [-0.2, 0) is 20.8 Å². The van der Waals surface area contributed by atoms with E-state index in [1.54, 1.807) is 5.51 Å². The van der Waals surface area contributed by atoms with E-state index in [0.717, 1.165) is 5.69 Å². The molecule has 0 radical (unpaired) electrons. The molecular weight excluding hydrogens is 350 g/mol. The van der Waals surface area contributed by atoms with E-state index in [1.165, 1.54) is 28.0 Å². The van der Waals surface area contributed by atoms with Crippen molar-refractivity contribution < 1.29 is 19.5 Å². The van der Waals surface area contributed by atoms with Crippen LogP contribution in [0.15, 0.2) is 21.6 Å². The first-order chi connectivity index (χ1) is 10.4. The van der Waals surface area contributed by atoms with Crippen molar-refractivity contribution >= 4 is 52.5 Å². The monoisotopic (exact) mass is 361 g/mol. The summed E-state index contributed by atoms with van der Waals surface area (Å²) < 4.78 is 0. The van der Waals surface area contributed by atoms with Crippen molar-refractivity contribution in [3.63, 3.8) is 0 Å². The molecule has 0 unspecified atom stereocenters. The van der Waals surface area contributed by atoms with Crippen molar-refractivity contribution in [3.8, 4) is 0 Å². The fourth-order valence-electron chi connectivity index (χ4n) is 1.88. The van der Waals surface area contributed by atoms with Crippen LogP contribution in [0.25, 0.3) is 0 Å². The molecule has 2 aliphatic rings. The summed E-state index contributed by atoms with van der Waals surface area (Å²) in [6, 6.07) is 0. The van der Waals surface area contributed by atoms with Crippen molar-refractivity contribution in [2.45, 2.75) is 18.2 Å². The summed E-state index contributed by atoms with van der Waals surface area (Å²) in [5, 5.41) is 10.9. The second kappa shape index (κ2) is 7.12. The lowest BCUT2D eigenvalue weighted by atomic mass is 10.1. The first-order valence-corrected chi connectivity index (χ1v) is 8.48. The normalized spacial score (nSPS) is 19.8. The number of hydrogen-bond donors (Lipinski definition) is 2. The number of thiazole rings is 1. The molecule has 0 saturated carbocycles. The fourth-order valence-corrected chi connectivity index (χ4v) is 3.91. The molecule has 0 aromatic carbocycles. The van der Waals surface area contributed by atoms with Gasteiger partial charge in [-0.25, -0.2) is 9.78 Å². The number of halogens is 1. The number of aromatic nitrogens is 1. The average molecular weight is 362 g/mol. The summed E-state index contributed by atoms with van der Waals surface area (Å²) in [4.78, 5) is 37.2. The third-order valence-electron chi connectivity index (χ3n) is 2.85. The Morgan fingerprint density at radius 1 is 1.55 bits per heavy atom. The maximum absolute atomic E-state index is 11.1. The average Bonchev–Trinajstić information content (AvgIpc) is 2.92. The van der Waals surface area contributed by atoms with Gasteiger partial charge in [-0.3, -0.25) is 14.5 Å². The number of rotatable bonds is 3. The van der Waals surface area contributed by atoms with Crippen molar-refractivity contribution in [3.05, 3.63) is 27.3 Å². The first-order valence-electron chi connectivity index (χ1n) is 6.11. The zero-order valence-electron chi connectivity index (χ0n) is 11.2. The number of thioether (sulfide) groups is 1. The van der Waals surface area contributed by atoms with E-state index in [9.17, 15) is 14.4 Å². The molecule has 2 aliphatic heterocycles. The number of aliphatic carboxylic acids is 1. The highest BCUT2D eigenvalue weighted by Gasteiger charge is 2.44. The Bertz CT molecular complexity index is 632. The number of carbonyl (C=O) groups excluding carboxylic acids is 2. The molecule has 1 aromatic heterocycles. The molecule has 3 rings (SSSR count). The maximum atomic E-state index is 11.1. The molecule has 1 fully saturated rings. The molecule has 1 saturated heterocycles. The molecule has 0 aliphatic carbocycles. The van der Waals surface area contributed by atoms with Crippen LogP contribution >= 0.6 is 34.7 Å². The van der Waals surface area contributed by atoms with Crippen LogP contribution in [0.5, 0.6) is 0 Å². The second-order valence-corrected chi connectivity index (χ2v) is 6.76. The zero-order chi connectivity index (χ0) is 16.3. The van der Waals surface area contributed by atoms with Crippen LogP contribution in [0.4, 0.5) is 0 Å². The summed E-state index contributed by atoms with van der Waals surface area (Å²) in [6.07, 6.45) is 0.676. The number of carboxylic acids is 1. The van der Waals surface area contributed by atoms with E-state index in [2.05, 4.69) is 4.98 Å². The molecule has 118 valence electrons. The van der Waals surface area contributed by atoms with Gasteiger partial charge in [-0.1, -0.05) is 11.6 Å². The Balaban J connectivity index is 0.000000172. The molecule has 0 spiro atoms. The van der Waals surface area contributed by atoms with Gasteiger partial charge in [-0.05, 0) is 0 Å². The molecule has 1 aromatic rings. The van der Waals surface area contributed by atoms with Gasteiger partial charge in [-0.15, -0.1) is 23.1 Å². The minimum atomic E-state index is -1.12. The number of primary amides is 1. The van der Waals surface area contributed by atoms with Crippen LogP contribution in [0.1, 0.15) is 12.1 Å². The van der Waals surface area contributed by atoms with Gasteiger partial charge in [0.15, 0.2) is 0 Å². The van der Waals surface area contributed by atoms with Crippen molar-refractivity contribution in [2.24, 2.45) is 5.73 Å². The maximum Gasteiger partial charge on any atom is 0.353 e. The molecule has 7 nitrogen and oxygen atoms in total. The Morgan fingerprint density at radius 3 is 2.73 bits per heavy atom. The number of carboxylic acid groups (broad SMARTS) is 1. The largest absolute Gasteiger partial charge is 0.477 e. The predicted octanol–water partition coefficient (Wildman–Crippen LogP) is 0.998. The predicted molar refractivity (Wildman–Crippen MR) is 83.2 cm³/mol. The summed E-state index contributed by atoms with van der Waals surface area (Å²) >= 11 is 8.68. The first kappa shape index (κ1) is 16.8. The van der Waals surface area contributed by atoms with Gasteiger partial charge in [0, 0.05) is 11.1 Å². The lowest BCUT2D eigenvalue weighted by Gasteiger charge is -2.42. The topological polar surface area (TPSA) is 114 Å². The Kier molecular flexibility index (Phi) is 5.43. The summed E-state index contributed by atoms with van der Waals surface area (Å²) in [6.45, 7) is 0. The fraction of sp³-hybridized carbons (Fsp3) is 0.333. The molecule has 0 bridgehead atoms.